The van der Waals surface area contributed by atoms with E-state index in [1.54, 1.807) is 28.9 Å². The maximum Gasteiger partial charge on any atom is 0.256 e. The average molecular weight is 395 g/mol. The SMILES string of the molecule is CCOc1ccc(C(=O)Nc2c3c(nn2-c2ccc(C)cc2)CS(=O)C3)cc1. The number of fused-ring (bicyclic) bond motifs is 1. The number of benzene rings is 2. The smallest absolute Gasteiger partial charge is 0.256 e. The van der Waals surface area contributed by atoms with Gasteiger partial charge in [-0.3, -0.25) is 9.00 Å². The second-order valence-electron chi connectivity index (χ2n) is 6.66. The zero-order valence-electron chi connectivity index (χ0n) is 15.8. The largest absolute Gasteiger partial charge is 0.494 e. The van der Waals surface area contributed by atoms with Crippen molar-refractivity contribution in [2.45, 2.75) is 25.4 Å². The topological polar surface area (TPSA) is 73.2 Å². The zero-order valence-corrected chi connectivity index (χ0v) is 16.6. The summed E-state index contributed by atoms with van der Waals surface area (Å²) in [4.78, 5) is 12.8. The zero-order chi connectivity index (χ0) is 19.7. The first-order valence-electron chi connectivity index (χ1n) is 9.12. The average Bonchev–Trinajstić information content (AvgIpc) is 3.20. The lowest BCUT2D eigenvalue weighted by molar-refractivity contribution is 0.102. The van der Waals surface area contributed by atoms with Crippen LogP contribution in [0.3, 0.4) is 0 Å². The Kier molecular flexibility index (Phi) is 5.00. The van der Waals surface area contributed by atoms with Gasteiger partial charge in [0.2, 0.25) is 0 Å². The lowest BCUT2D eigenvalue weighted by Gasteiger charge is -2.12. The monoisotopic (exact) mass is 395 g/mol. The molecule has 7 heteroatoms. The second-order valence-corrected chi connectivity index (χ2v) is 8.12. The molecule has 0 fully saturated rings. The van der Waals surface area contributed by atoms with Gasteiger partial charge in [-0.2, -0.15) is 5.10 Å². The van der Waals surface area contributed by atoms with Crippen LogP contribution in [0.25, 0.3) is 5.69 Å². The molecule has 1 unspecified atom stereocenters. The van der Waals surface area contributed by atoms with Crippen molar-refractivity contribution in [2.75, 3.05) is 11.9 Å². The molecule has 0 spiro atoms. The summed E-state index contributed by atoms with van der Waals surface area (Å²) in [6, 6.07) is 14.9. The van der Waals surface area contributed by atoms with Gasteiger partial charge in [-0.15, -0.1) is 0 Å². The van der Waals surface area contributed by atoms with Crippen LogP contribution in [-0.4, -0.2) is 26.5 Å². The first-order valence-corrected chi connectivity index (χ1v) is 10.6. The molecule has 0 aliphatic carbocycles. The quantitative estimate of drug-likeness (QED) is 0.716. The van der Waals surface area contributed by atoms with E-state index in [4.69, 9.17) is 4.74 Å². The summed E-state index contributed by atoms with van der Waals surface area (Å²) < 4.78 is 19.2. The number of hydrogen-bond donors (Lipinski definition) is 1. The molecule has 0 saturated heterocycles. The van der Waals surface area contributed by atoms with E-state index in [-0.39, 0.29) is 5.91 Å². The van der Waals surface area contributed by atoms with E-state index >= 15 is 0 Å². The third kappa shape index (κ3) is 3.57. The predicted molar refractivity (Wildman–Crippen MR) is 109 cm³/mol. The van der Waals surface area contributed by atoms with Gasteiger partial charge < -0.3 is 10.1 Å². The normalized spacial score (nSPS) is 15.3. The van der Waals surface area contributed by atoms with Gasteiger partial charge in [-0.25, -0.2) is 4.68 Å². The number of carbonyl (C=O) groups excluding carboxylic acids is 1. The van der Waals surface area contributed by atoms with E-state index in [9.17, 15) is 9.00 Å². The van der Waals surface area contributed by atoms with Gasteiger partial charge in [0.15, 0.2) is 0 Å². The first-order chi connectivity index (χ1) is 13.5. The summed E-state index contributed by atoms with van der Waals surface area (Å²) in [5.74, 6) is 1.89. The maximum absolute atomic E-state index is 12.8. The Morgan fingerprint density at radius 1 is 1.14 bits per heavy atom. The molecule has 1 atom stereocenters. The molecule has 1 aromatic heterocycles. The van der Waals surface area contributed by atoms with Crippen molar-refractivity contribution in [3.8, 4) is 11.4 Å². The van der Waals surface area contributed by atoms with Gasteiger partial charge in [0, 0.05) is 21.9 Å². The number of ether oxygens (including phenoxy) is 1. The molecule has 1 aliphatic rings. The third-order valence-electron chi connectivity index (χ3n) is 4.61. The molecular weight excluding hydrogens is 374 g/mol. The molecule has 0 bridgehead atoms. The van der Waals surface area contributed by atoms with Gasteiger partial charge >= 0.3 is 0 Å². The van der Waals surface area contributed by atoms with Gasteiger partial charge in [0.1, 0.15) is 11.6 Å². The van der Waals surface area contributed by atoms with E-state index in [0.29, 0.717) is 29.5 Å². The molecule has 1 N–H and O–H groups in total. The molecule has 2 heterocycles. The Bertz CT molecular complexity index is 1040. The van der Waals surface area contributed by atoms with E-state index < -0.39 is 10.8 Å². The van der Waals surface area contributed by atoms with E-state index in [0.717, 1.165) is 28.3 Å². The molecule has 0 saturated carbocycles. The minimum atomic E-state index is -0.975. The minimum absolute atomic E-state index is 0.239. The van der Waals surface area contributed by atoms with Crippen molar-refractivity contribution in [3.63, 3.8) is 0 Å². The van der Waals surface area contributed by atoms with Crippen LogP contribution < -0.4 is 10.1 Å². The highest BCUT2D eigenvalue weighted by Gasteiger charge is 2.28. The number of rotatable bonds is 5. The number of nitrogens with one attached hydrogen (secondary N) is 1. The van der Waals surface area contributed by atoms with E-state index in [2.05, 4.69) is 10.4 Å². The van der Waals surface area contributed by atoms with Crippen molar-refractivity contribution in [1.82, 2.24) is 9.78 Å². The molecule has 2 aromatic carbocycles. The molecule has 1 aliphatic heterocycles. The van der Waals surface area contributed by atoms with Crippen molar-refractivity contribution in [2.24, 2.45) is 0 Å². The highest BCUT2D eigenvalue weighted by molar-refractivity contribution is 7.83. The number of nitrogens with zero attached hydrogens (tertiary/aromatic N) is 2. The summed E-state index contributed by atoms with van der Waals surface area (Å²) in [6.45, 7) is 4.51. The van der Waals surface area contributed by atoms with E-state index in [1.807, 2.05) is 38.1 Å². The molecule has 4 rings (SSSR count). The molecule has 28 heavy (non-hydrogen) atoms. The second kappa shape index (κ2) is 7.59. The minimum Gasteiger partial charge on any atom is -0.494 e. The summed E-state index contributed by atoms with van der Waals surface area (Å²) in [7, 11) is -0.975. The summed E-state index contributed by atoms with van der Waals surface area (Å²) in [6.07, 6.45) is 0. The van der Waals surface area contributed by atoms with Crippen LogP contribution in [-0.2, 0) is 22.3 Å². The molecule has 6 nitrogen and oxygen atoms in total. The highest BCUT2D eigenvalue weighted by atomic mass is 32.2. The number of carbonyl (C=O) groups is 1. The fourth-order valence-corrected chi connectivity index (χ4v) is 4.44. The lowest BCUT2D eigenvalue weighted by atomic mass is 10.2. The Morgan fingerprint density at radius 3 is 2.54 bits per heavy atom. The summed E-state index contributed by atoms with van der Waals surface area (Å²) in [5, 5.41) is 7.59. The number of hydrogen-bond acceptors (Lipinski definition) is 4. The molecular formula is C21H21N3O3S. The van der Waals surface area contributed by atoms with Crippen LogP contribution in [0.1, 0.15) is 34.1 Å². The highest BCUT2D eigenvalue weighted by Crippen LogP contribution is 2.31. The number of anilines is 1. The fraction of sp³-hybridized carbons (Fsp3) is 0.238. The molecule has 0 radical (unpaired) electrons. The number of aryl methyl sites for hydroxylation is 1. The van der Waals surface area contributed by atoms with Crippen molar-refractivity contribution in [3.05, 3.63) is 70.9 Å². The molecule has 1 amide bonds. The Balaban J connectivity index is 1.67. The Hall–Kier alpha value is -2.93. The maximum atomic E-state index is 12.8. The van der Waals surface area contributed by atoms with Gasteiger partial charge in [-0.05, 0) is 50.2 Å². The van der Waals surface area contributed by atoms with Crippen molar-refractivity contribution >= 4 is 22.5 Å². The summed E-state index contributed by atoms with van der Waals surface area (Å²) in [5.41, 5.74) is 4.14. The number of amides is 1. The van der Waals surface area contributed by atoms with Crippen LogP contribution in [0.15, 0.2) is 48.5 Å². The molecule has 144 valence electrons. The predicted octanol–water partition coefficient (Wildman–Crippen LogP) is 3.59. The standard InChI is InChI=1S/C21H21N3O3S/c1-3-27-17-10-6-15(7-11-17)21(25)22-20-18-12-28(26)13-19(18)23-24(20)16-8-4-14(2)5-9-16/h4-11H,3,12-13H2,1-2H3,(H,22,25). The van der Waals surface area contributed by atoms with E-state index in [1.165, 1.54) is 0 Å². The van der Waals surface area contributed by atoms with Crippen LogP contribution >= 0.6 is 0 Å². The van der Waals surface area contributed by atoms with Gasteiger partial charge in [-0.1, -0.05) is 17.7 Å². The fourth-order valence-electron chi connectivity index (χ4n) is 3.18. The summed E-state index contributed by atoms with van der Waals surface area (Å²) >= 11 is 0. The van der Waals surface area contributed by atoms with Crippen molar-refractivity contribution < 1.29 is 13.7 Å². The molecule has 3 aromatic rings. The van der Waals surface area contributed by atoms with Crippen LogP contribution in [0, 0.1) is 6.92 Å². The first kappa shape index (κ1) is 18.4. The van der Waals surface area contributed by atoms with Crippen LogP contribution in [0.4, 0.5) is 5.82 Å². The Labute approximate surface area is 166 Å². The third-order valence-corrected chi connectivity index (χ3v) is 5.81. The Morgan fingerprint density at radius 2 is 1.86 bits per heavy atom. The van der Waals surface area contributed by atoms with Gasteiger partial charge in [0.25, 0.3) is 5.91 Å². The lowest BCUT2D eigenvalue weighted by Crippen LogP contribution is -2.16. The van der Waals surface area contributed by atoms with Crippen LogP contribution in [0.5, 0.6) is 5.75 Å². The van der Waals surface area contributed by atoms with Gasteiger partial charge in [0.05, 0.1) is 29.5 Å². The van der Waals surface area contributed by atoms with Crippen molar-refractivity contribution in [1.29, 1.82) is 0 Å². The van der Waals surface area contributed by atoms with Crippen LogP contribution in [0.2, 0.25) is 0 Å². The number of aromatic nitrogens is 2.